The van der Waals surface area contributed by atoms with E-state index < -0.39 is 0 Å². The van der Waals surface area contributed by atoms with Gasteiger partial charge in [-0.1, -0.05) is 48.5 Å². The van der Waals surface area contributed by atoms with Gasteiger partial charge >= 0.3 is 0 Å². The summed E-state index contributed by atoms with van der Waals surface area (Å²) in [5.74, 6) is 0.184. The second-order valence-electron chi connectivity index (χ2n) is 4.77. The molecule has 1 aromatic heterocycles. The lowest BCUT2D eigenvalue weighted by molar-refractivity contribution is 0.472. The summed E-state index contributed by atoms with van der Waals surface area (Å²) < 4.78 is 0. The van der Waals surface area contributed by atoms with Crippen molar-refractivity contribution >= 4 is 5.69 Å². The van der Waals surface area contributed by atoms with Crippen molar-refractivity contribution in [2.24, 2.45) is 0 Å². The van der Waals surface area contributed by atoms with E-state index in [0.717, 1.165) is 16.9 Å². The molecule has 0 fully saturated rings. The molecule has 2 aromatic carbocycles. The largest absolute Gasteiger partial charge is 0.506 e. The summed E-state index contributed by atoms with van der Waals surface area (Å²) in [6, 6.07) is 21.9. The number of hydrogen-bond acceptors (Lipinski definition) is 3. The van der Waals surface area contributed by atoms with Gasteiger partial charge in [0, 0.05) is 11.3 Å². The Morgan fingerprint density at radius 3 is 2.38 bits per heavy atom. The normalized spacial score (nSPS) is 10.3. The van der Waals surface area contributed by atoms with Crippen molar-refractivity contribution in [2.75, 3.05) is 5.32 Å². The van der Waals surface area contributed by atoms with Gasteiger partial charge in [-0.2, -0.15) is 0 Å². The van der Waals surface area contributed by atoms with E-state index in [1.165, 1.54) is 11.8 Å². The fourth-order valence-corrected chi connectivity index (χ4v) is 2.21. The maximum absolute atomic E-state index is 9.25. The van der Waals surface area contributed by atoms with Crippen molar-refractivity contribution in [2.45, 2.75) is 6.54 Å². The predicted octanol–water partition coefficient (Wildman–Crippen LogP) is 4.07. The number of para-hydroxylation sites is 1. The Morgan fingerprint density at radius 1 is 0.857 bits per heavy atom. The summed E-state index contributed by atoms with van der Waals surface area (Å²) in [4.78, 5) is 4.18. The monoisotopic (exact) mass is 276 g/mol. The SMILES string of the molecule is Oc1ccc(CNc2ccccc2-c2ccccc2)nc1. The molecule has 1 heterocycles. The van der Waals surface area contributed by atoms with Gasteiger partial charge < -0.3 is 10.4 Å². The summed E-state index contributed by atoms with van der Waals surface area (Å²) in [5.41, 5.74) is 4.30. The Balaban J connectivity index is 1.81. The Kier molecular flexibility index (Phi) is 3.83. The zero-order valence-electron chi connectivity index (χ0n) is 11.5. The Hall–Kier alpha value is -2.81. The topological polar surface area (TPSA) is 45.1 Å². The van der Waals surface area contributed by atoms with Crippen molar-refractivity contribution in [1.82, 2.24) is 4.98 Å². The summed E-state index contributed by atoms with van der Waals surface area (Å²) in [6.45, 7) is 0.615. The molecule has 3 aromatic rings. The zero-order chi connectivity index (χ0) is 14.5. The molecule has 0 saturated heterocycles. The molecule has 3 rings (SSSR count). The molecule has 2 N–H and O–H groups in total. The van der Waals surface area contributed by atoms with E-state index in [4.69, 9.17) is 0 Å². The summed E-state index contributed by atoms with van der Waals surface area (Å²) in [6.07, 6.45) is 1.46. The van der Waals surface area contributed by atoms with Crippen LogP contribution in [0.15, 0.2) is 72.9 Å². The lowest BCUT2D eigenvalue weighted by atomic mass is 10.0. The maximum atomic E-state index is 9.25. The highest BCUT2D eigenvalue weighted by molar-refractivity contribution is 5.77. The first-order chi connectivity index (χ1) is 10.3. The quantitative estimate of drug-likeness (QED) is 0.755. The number of pyridine rings is 1. The fourth-order valence-electron chi connectivity index (χ4n) is 2.21. The van der Waals surface area contributed by atoms with E-state index in [0.29, 0.717) is 6.54 Å². The average Bonchev–Trinajstić information content (AvgIpc) is 2.55. The van der Waals surface area contributed by atoms with Crippen LogP contribution in [0.4, 0.5) is 5.69 Å². The van der Waals surface area contributed by atoms with Crippen LogP contribution in [0.5, 0.6) is 5.75 Å². The van der Waals surface area contributed by atoms with Gasteiger partial charge in [0.25, 0.3) is 0 Å². The van der Waals surface area contributed by atoms with Gasteiger partial charge in [0.2, 0.25) is 0 Å². The van der Waals surface area contributed by atoms with Gasteiger partial charge in [0.1, 0.15) is 5.75 Å². The fraction of sp³-hybridized carbons (Fsp3) is 0.0556. The standard InChI is InChI=1S/C18H16N2O/c21-16-11-10-15(19-13-16)12-20-18-9-5-4-8-17(18)14-6-2-1-3-7-14/h1-11,13,20-21H,12H2. The second kappa shape index (κ2) is 6.09. The van der Waals surface area contributed by atoms with Crippen molar-refractivity contribution in [3.8, 4) is 16.9 Å². The third kappa shape index (κ3) is 3.20. The molecular formula is C18H16N2O. The lowest BCUT2D eigenvalue weighted by Gasteiger charge is -2.12. The van der Waals surface area contributed by atoms with Crippen molar-refractivity contribution in [3.63, 3.8) is 0 Å². The van der Waals surface area contributed by atoms with Crippen LogP contribution in [0.2, 0.25) is 0 Å². The molecular weight excluding hydrogens is 260 g/mol. The molecule has 0 unspecified atom stereocenters. The highest BCUT2D eigenvalue weighted by Gasteiger charge is 2.04. The van der Waals surface area contributed by atoms with E-state index in [1.807, 2.05) is 36.4 Å². The van der Waals surface area contributed by atoms with Crippen LogP contribution >= 0.6 is 0 Å². The molecule has 0 aliphatic carbocycles. The molecule has 0 saturated carbocycles. The molecule has 21 heavy (non-hydrogen) atoms. The molecule has 3 nitrogen and oxygen atoms in total. The van der Waals surface area contributed by atoms with Crippen LogP contribution in [0.3, 0.4) is 0 Å². The van der Waals surface area contributed by atoms with Crippen molar-refractivity contribution in [3.05, 3.63) is 78.6 Å². The van der Waals surface area contributed by atoms with Crippen molar-refractivity contribution < 1.29 is 5.11 Å². The van der Waals surface area contributed by atoms with Gasteiger partial charge in [0.15, 0.2) is 0 Å². The lowest BCUT2D eigenvalue weighted by Crippen LogP contribution is -2.02. The minimum atomic E-state index is 0.184. The molecule has 0 amide bonds. The predicted molar refractivity (Wildman–Crippen MR) is 85.1 cm³/mol. The van der Waals surface area contributed by atoms with Crippen LogP contribution in [-0.4, -0.2) is 10.1 Å². The summed E-state index contributed by atoms with van der Waals surface area (Å²) >= 11 is 0. The van der Waals surface area contributed by atoms with E-state index in [2.05, 4.69) is 34.6 Å². The van der Waals surface area contributed by atoms with Gasteiger partial charge in [-0.05, 0) is 23.8 Å². The molecule has 3 heteroatoms. The number of rotatable bonds is 4. The molecule has 0 radical (unpaired) electrons. The van der Waals surface area contributed by atoms with E-state index in [1.54, 1.807) is 6.07 Å². The third-order valence-corrected chi connectivity index (χ3v) is 3.28. The highest BCUT2D eigenvalue weighted by atomic mass is 16.3. The van der Waals surface area contributed by atoms with Crippen LogP contribution < -0.4 is 5.32 Å². The van der Waals surface area contributed by atoms with Crippen LogP contribution in [-0.2, 0) is 6.54 Å². The summed E-state index contributed by atoms with van der Waals surface area (Å²) in [7, 11) is 0. The van der Waals surface area contributed by atoms with Crippen LogP contribution in [0.1, 0.15) is 5.69 Å². The molecule has 0 aliphatic rings. The Labute approximate surface area is 123 Å². The molecule has 0 atom stereocenters. The third-order valence-electron chi connectivity index (χ3n) is 3.28. The first-order valence-electron chi connectivity index (χ1n) is 6.85. The first-order valence-corrected chi connectivity index (χ1v) is 6.85. The summed E-state index contributed by atoms with van der Waals surface area (Å²) in [5, 5.41) is 12.7. The number of nitrogens with zero attached hydrogens (tertiary/aromatic N) is 1. The number of anilines is 1. The second-order valence-corrected chi connectivity index (χ2v) is 4.77. The van der Waals surface area contributed by atoms with Gasteiger partial charge in [0.05, 0.1) is 18.4 Å². The molecule has 0 aliphatic heterocycles. The molecule has 0 bridgehead atoms. The van der Waals surface area contributed by atoms with Crippen LogP contribution in [0.25, 0.3) is 11.1 Å². The average molecular weight is 276 g/mol. The van der Waals surface area contributed by atoms with E-state index >= 15 is 0 Å². The molecule has 104 valence electrons. The zero-order valence-corrected chi connectivity index (χ0v) is 11.5. The maximum Gasteiger partial charge on any atom is 0.133 e. The van der Waals surface area contributed by atoms with Gasteiger partial charge in [-0.3, -0.25) is 4.98 Å². The number of aromatic nitrogens is 1. The smallest absolute Gasteiger partial charge is 0.133 e. The number of aromatic hydroxyl groups is 1. The van der Waals surface area contributed by atoms with Crippen LogP contribution in [0, 0.1) is 0 Å². The Bertz CT molecular complexity index is 709. The van der Waals surface area contributed by atoms with Gasteiger partial charge in [-0.15, -0.1) is 0 Å². The number of nitrogens with one attached hydrogen (secondary N) is 1. The van der Waals surface area contributed by atoms with E-state index in [9.17, 15) is 5.11 Å². The molecule has 0 spiro atoms. The number of hydrogen-bond donors (Lipinski definition) is 2. The Morgan fingerprint density at radius 2 is 1.62 bits per heavy atom. The highest BCUT2D eigenvalue weighted by Crippen LogP contribution is 2.27. The van der Waals surface area contributed by atoms with Gasteiger partial charge in [-0.25, -0.2) is 0 Å². The minimum Gasteiger partial charge on any atom is -0.506 e. The number of benzene rings is 2. The van der Waals surface area contributed by atoms with E-state index in [-0.39, 0.29) is 5.75 Å². The first kappa shape index (κ1) is 13.2. The minimum absolute atomic E-state index is 0.184. The van der Waals surface area contributed by atoms with Crippen molar-refractivity contribution in [1.29, 1.82) is 0 Å².